The van der Waals surface area contributed by atoms with Crippen LogP contribution in [0.2, 0.25) is 0 Å². The van der Waals surface area contributed by atoms with Crippen LogP contribution in [0.25, 0.3) is 0 Å². The molecule has 2 aliphatic rings. The quantitative estimate of drug-likeness (QED) is 0.494. The minimum absolute atomic E-state index is 0.806. The van der Waals surface area contributed by atoms with Crippen molar-refractivity contribution < 1.29 is 16.5 Å². The Morgan fingerprint density at radius 3 is 1.47 bits per heavy atom. The van der Waals surface area contributed by atoms with Crippen molar-refractivity contribution in [3.63, 3.8) is 0 Å². The zero-order chi connectivity index (χ0) is 12.9. The first-order chi connectivity index (χ1) is 8.28. The third-order valence-corrected chi connectivity index (χ3v) is 2.29. The molecule has 0 heterocycles. The first-order valence-corrected chi connectivity index (χ1v) is 13.0. The van der Waals surface area contributed by atoms with Gasteiger partial charge in [0.05, 0.1) is 0 Å². The van der Waals surface area contributed by atoms with Gasteiger partial charge in [-0.3, -0.25) is 12.2 Å². The molecule has 0 spiro atoms. The molecule has 0 radical (unpaired) electrons. The second-order valence-corrected chi connectivity index (χ2v) is 7.62. The molecule has 0 saturated carbocycles. The number of hydrogen-bond donors (Lipinski definition) is 0. The molecule has 2 aliphatic carbocycles. The summed E-state index contributed by atoms with van der Waals surface area (Å²) in [4.78, 5) is 0. The Bertz CT molecular complexity index is 271. The summed E-state index contributed by atoms with van der Waals surface area (Å²) in [5.41, 5.74) is 2.72. The van der Waals surface area contributed by atoms with Crippen LogP contribution in [0.3, 0.4) is 0 Å². The van der Waals surface area contributed by atoms with Gasteiger partial charge in [-0.2, -0.15) is 12.2 Å². The second kappa shape index (κ2) is 12.7. The van der Waals surface area contributed by atoms with Gasteiger partial charge >= 0.3 is 35.3 Å². The molecular formula is C14H18Cl2W-2. The Labute approximate surface area is 122 Å². The number of halogens is 2. The predicted octanol–water partition coefficient (Wildman–Crippen LogP) is 5.55. The van der Waals surface area contributed by atoms with Gasteiger partial charge in [0, 0.05) is 0 Å². The average Bonchev–Trinajstić information content (AvgIpc) is 3.04. The number of hydrogen-bond acceptors (Lipinski definition) is 0. The third kappa shape index (κ3) is 9.89. The molecule has 3 heteroatoms. The van der Waals surface area contributed by atoms with Crippen LogP contribution in [0.5, 0.6) is 0 Å². The standard InChI is InChI=1S/2C7H9.2ClH.W/c2*1-2-7-5-3-4-6-7;;;/h2*3,5H,2,4H2,1H3;2*1H;/q2*-1;;;+2/p-2. The summed E-state index contributed by atoms with van der Waals surface area (Å²) in [5, 5.41) is 0. The van der Waals surface area contributed by atoms with E-state index in [1.165, 1.54) is 11.1 Å². The Kier molecular flexibility index (Phi) is 12.8. The summed E-state index contributed by atoms with van der Waals surface area (Å²) in [5.74, 6) is 0. The second-order valence-electron chi connectivity index (χ2n) is 3.38. The number of allylic oxidation sites excluding steroid dienone is 8. The van der Waals surface area contributed by atoms with Crippen molar-refractivity contribution in [2.45, 2.75) is 39.5 Å². The summed E-state index contributed by atoms with van der Waals surface area (Å²) < 4.78 is 0. The van der Waals surface area contributed by atoms with Crippen molar-refractivity contribution in [3.05, 3.63) is 47.6 Å². The van der Waals surface area contributed by atoms with Gasteiger partial charge in [-0.1, -0.05) is 26.7 Å². The van der Waals surface area contributed by atoms with Crippen LogP contribution >= 0.6 is 18.8 Å². The molecule has 0 aromatic carbocycles. The zero-order valence-electron chi connectivity index (χ0n) is 10.3. The van der Waals surface area contributed by atoms with E-state index < -0.39 is 16.5 Å². The van der Waals surface area contributed by atoms with Crippen molar-refractivity contribution in [2.75, 3.05) is 0 Å². The molecule has 0 fully saturated rings. The van der Waals surface area contributed by atoms with Crippen LogP contribution in [0.1, 0.15) is 39.5 Å². The van der Waals surface area contributed by atoms with E-state index in [9.17, 15) is 0 Å². The van der Waals surface area contributed by atoms with Gasteiger partial charge in [-0.15, -0.1) is 12.8 Å². The summed E-state index contributed by atoms with van der Waals surface area (Å²) in [6, 6.07) is 0. The van der Waals surface area contributed by atoms with E-state index >= 15 is 0 Å². The first kappa shape index (κ1) is 17.2. The zero-order valence-corrected chi connectivity index (χ0v) is 14.7. The van der Waals surface area contributed by atoms with Crippen LogP contribution in [0.4, 0.5) is 0 Å². The van der Waals surface area contributed by atoms with E-state index in [0.717, 1.165) is 25.7 Å². The third-order valence-electron chi connectivity index (χ3n) is 2.29. The monoisotopic (exact) mass is 440 g/mol. The molecule has 0 N–H and O–H groups in total. The predicted molar refractivity (Wildman–Crippen MR) is 73.3 cm³/mol. The molecule has 0 aromatic rings. The van der Waals surface area contributed by atoms with E-state index in [-0.39, 0.29) is 0 Å². The molecule has 0 atom stereocenters. The fourth-order valence-electron chi connectivity index (χ4n) is 1.39. The maximum atomic E-state index is 4.93. The topological polar surface area (TPSA) is 0 Å². The van der Waals surface area contributed by atoms with Gasteiger partial charge < -0.3 is 0 Å². The van der Waals surface area contributed by atoms with Gasteiger partial charge in [0.2, 0.25) is 0 Å². The molecule has 2 rings (SSSR count). The summed E-state index contributed by atoms with van der Waals surface area (Å²) in [6.45, 7) is 4.30. The fourth-order valence-corrected chi connectivity index (χ4v) is 1.39. The molecule has 0 nitrogen and oxygen atoms in total. The minimum atomic E-state index is -0.806. The normalized spacial score (nSPS) is 15.5. The van der Waals surface area contributed by atoms with Gasteiger partial charge in [-0.25, -0.2) is 23.3 Å². The summed E-state index contributed by atoms with van der Waals surface area (Å²) in [6.07, 6.45) is 19.3. The van der Waals surface area contributed by atoms with E-state index in [1.807, 2.05) is 0 Å². The van der Waals surface area contributed by atoms with E-state index in [4.69, 9.17) is 18.8 Å². The Balaban J connectivity index is 0.000000247. The molecule has 0 bridgehead atoms. The molecule has 17 heavy (non-hydrogen) atoms. The van der Waals surface area contributed by atoms with E-state index in [0.29, 0.717) is 0 Å². The van der Waals surface area contributed by atoms with E-state index in [2.05, 4.69) is 50.3 Å². The molecule has 0 saturated heterocycles. The van der Waals surface area contributed by atoms with Gasteiger partial charge in [0.15, 0.2) is 0 Å². The van der Waals surface area contributed by atoms with Crippen molar-refractivity contribution in [2.24, 2.45) is 0 Å². The first-order valence-electron chi connectivity index (χ1n) is 5.70. The average molecular weight is 441 g/mol. The molecule has 0 aromatic heterocycles. The van der Waals surface area contributed by atoms with Crippen LogP contribution in [0.15, 0.2) is 35.5 Å². The van der Waals surface area contributed by atoms with Crippen molar-refractivity contribution in [1.29, 1.82) is 0 Å². The Hall–Kier alpha value is 0.228. The summed E-state index contributed by atoms with van der Waals surface area (Å²) in [7, 11) is 9.86. The molecule has 0 unspecified atom stereocenters. The van der Waals surface area contributed by atoms with Crippen molar-refractivity contribution in [3.8, 4) is 0 Å². The van der Waals surface area contributed by atoms with Gasteiger partial charge in [-0.05, 0) is 0 Å². The van der Waals surface area contributed by atoms with Gasteiger partial charge in [0.1, 0.15) is 0 Å². The SMILES string of the molecule is CCC1=[C-]CC=C1.CCC1=[C-]CC=C1.[Cl][W][Cl]. The van der Waals surface area contributed by atoms with Crippen LogP contribution < -0.4 is 0 Å². The summed E-state index contributed by atoms with van der Waals surface area (Å²) >= 11 is -0.806. The molecular weight excluding hydrogens is 423 g/mol. The fraction of sp³-hybridized carbons (Fsp3) is 0.429. The van der Waals surface area contributed by atoms with Crippen LogP contribution in [-0.2, 0) is 16.5 Å². The molecule has 0 aliphatic heterocycles. The maximum absolute atomic E-state index is 4.93. The van der Waals surface area contributed by atoms with Crippen molar-refractivity contribution in [1.82, 2.24) is 0 Å². The van der Waals surface area contributed by atoms with Gasteiger partial charge in [0.25, 0.3) is 0 Å². The Morgan fingerprint density at radius 2 is 1.35 bits per heavy atom. The molecule has 96 valence electrons. The number of rotatable bonds is 2. The van der Waals surface area contributed by atoms with E-state index in [1.54, 1.807) is 0 Å². The van der Waals surface area contributed by atoms with Crippen molar-refractivity contribution >= 4 is 18.8 Å². The molecule has 0 amide bonds. The Morgan fingerprint density at radius 1 is 1.00 bits per heavy atom. The van der Waals surface area contributed by atoms with Crippen LogP contribution in [-0.4, -0.2) is 0 Å². The van der Waals surface area contributed by atoms with Crippen LogP contribution in [0, 0.1) is 12.2 Å².